The number of rotatable bonds is 4. The van der Waals surface area contributed by atoms with Crippen LogP contribution in [0.4, 0.5) is 5.82 Å². The summed E-state index contributed by atoms with van der Waals surface area (Å²) in [5, 5.41) is 13.3. The summed E-state index contributed by atoms with van der Waals surface area (Å²) in [5.74, 6) is 0.213. The third-order valence-corrected chi connectivity index (χ3v) is 6.32. The first kappa shape index (κ1) is 18.7. The number of aromatic carboxylic acids is 1. The average molecular weight is 427 g/mol. The molecule has 2 fully saturated rings. The van der Waals surface area contributed by atoms with Crippen LogP contribution in [0, 0.1) is 5.41 Å². The van der Waals surface area contributed by atoms with Gasteiger partial charge in [-0.1, -0.05) is 11.6 Å². The molecule has 1 aromatic carbocycles. The fourth-order valence-electron chi connectivity index (χ4n) is 4.36. The van der Waals surface area contributed by atoms with E-state index in [-0.39, 0.29) is 16.9 Å². The van der Waals surface area contributed by atoms with Gasteiger partial charge in [0.25, 0.3) is 0 Å². The van der Waals surface area contributed by atoms with Crippen molar-refractivity contribution in [2.45, 2.75) is 6.42 Å². The van der Waals surface area contributed by atoms with Gasteiger partial charge >= 0.3 is 5.97 Å². The molecule has 2 aliphatic rings. The lowest BCUT2D eigenvalue weighted by Crippen LogP contribution is -2.60. The maximum Gasteiger partial charge on any atom is 0.337 e. The van der Waals surface area contributed by atoms with E-state index in [0.717, 1.165) is 18.8 Å². The summed E-state index contributed by atoms with van der Waals surface area (Å²) in [6.45, 7) is 1.99. The van der Waals surface area contributed by atoms with Gasteiger partial charge in [0.15, 0.2) is 0 Å². The van der Waals surface area contributed by atoms with Crippen molar-refractivity contribution >= 4 is 40.2 Å². The molecule has 3 N–H and O–H groups in total. The molecule has 1 amide bonds. The Labute approximate surface area is 176 Å². The Morgan fingerprint density at radius 1 is 1.30 bits per heavy atom. The van der Waals surface area contributed by atoms with E-state index < -0.39 is 5.97 Å². The molecule has 8 nitrogen and oxygen atoms in total. The minimum Gasteiger partial charge on any atom is -0.480 e. The molecule has 0 atom stereocenters. The van der Waals surface area contributed by atoms with Gasteiger partial charge in [0, 0.05) is 47.9 Å². The Hall–Kier alpha value is -3.26. The van der Waals surface area contributed by atoms with Crippen LogP contribution in [0.3, 0.4) is 0 Å². The molecule has 154 valence electrons. The van der Waals surface area contributed by atoms with E-state index in [2.05, 4.69) is 20.2 Å². The van der Waals surface area contributed by atoms with Gasteiger partial charge in [-0.3, -0.25) is 4.79 Å². The Kier molecular flexibility index (Phi) is 4.14. The van der Waals surface area contributed by atoms with Gasteiger partial charge in [0.2, 0.25) is 11.8 Å². The number of hydrogen-bond acceptors (Lipinski definition) is 5. The van der Waals surface area contributed by atoms with Crippen LogP contribution in [-0.4, -0.2) is 53.7 Å². The Morgan fingerprint density at radius 2 is 2.10 bits per heavy atom. The number of aromatic nitrogens is 2. The first-order chi connectivity index (χ1) is 14.4. The number of nitrogens with one attached hydrogen (secondary N) is 2. The summed E-state index contributed by atoms with van der Waals surface area (Å²) in [4.78, 5) is 33.2. The minimum absolute atomic E-state index is 0.114. The van der Waals surface area contributed by atoms with E-state index in [1.807, 2.05) is 12.1 Å². The molecule has 2 aliphatic heterocycles. The molecule has 3 aromatic rings. The number of aromatic amines is 1. The average Bonchev–Trinajstić information content (AvgIpc) is 3.29. The third-order valence-electron chi connectivity index (χ3n) is 6.01. The molecule has 4 heterocycles. The molecule has 1 spiro atoms. The highest BCUT2D eigenvalue weighted by molar-refractivity contribution is 6.34. The topological polar surface area (TPSA) is 108 Å². The second-order valence-corrected chi connectivity index (χ2v) is 8.16. The molecule has 2 aromatic heterocycles. The number of fused-ring (bicyclic) bond motifs is 1. The van der Waals surface area contributed by atoms with Gasteiger partial charge in [0.05, 0.1) is 23.1 Å². The molecule has 0 radical (unpaired) electrons. The third kappa shape index (κ3) is 2.71. The number of anilines is 1. The number of pyridine rings is 1. The number of amides is 1. The lowest BCUT2D eigenvalue weighted by molar-refractivity contribution is -0.128. The van der Waals surface area contributed by atoms with Crippen LogP contribution in [0.1, 0.15) is 16.8 Å². The van der Waals surface area contributed by atoms with Crippen LogP contribution in [0.25, 0.3) is 22.0 Å². The zero-order chi connectivity index (χ0) is 21.0. The van der Waals surface area contributed by atoms with Crippen molar-refractivity contribution in [2.75, 3.05) is 31.6 Å². The van der Waals surface area contributed by atoms with E-state index in [4.69, 9.17) is 16.3 Å². The van der Waals surface area contributed by atoms with Crippen molar-refractivity contribution in [3.8, 4) is 17.0 Å². The maximum absolute atomic E-state index is 12.1. The number of carboxylic acid groups (broad SMARTS) is 1. The number of carbonyl (C=O) groups excluding carboxylic acids is 1. The van der Waals surface area contributed by atoms with Gasteiger partial charge in [-0.2, -0.15) is 4.98 Å². The van der Waals surface area contributed by atoms with Gasteiger partial charge in [-0.15, -0.1) is 0 Å². The van der Waals surface area contributed by atoms with E-state index in [0.29, 0.717) is 46.0 Å². The number of carboxylic acids is 1. The predicted molar refractivity (Wildman–Crippen MR) is 112 cm³/mol. The number of methoxy groups -OCH3 is 1. The molecule has 2 saturated heterocycles. The monoisotopic (exact) mass is 426 g/mol. The first-order valence-electron chi connectivity index (χ1n) is 9.54. The van der Waals surface area contributed by atoms with Crippen molar-refractivity contribution < 1.29 is 19.4 Å². The standard InChI is InChI=1S/C21H19ClN4O4/c1-30-18-11(12-6-13-14(19(27)28)8-24-16(13)7-15(12)22)2-3-17(25-18)26-9-21(10-26)4-5-23-20(21)29/h2-3,6-8,24H,4-5,9-10H2,1H3,(H,23,29)(H,27,28). The van der Waals surface area contributed by atoms with Crippen LogP contribution in [0.5, 0.6) is 5.88 Å². The molecule has 9 heteroatoms. The maximum atomic E-state index is 12.1. The summed E-state index contributed by atoms with van der Waals surface area (Å²) in [7, 11) is 1.53. The number of carbonyl (C=O) groups is 2. The van der Waals surface area contributed by atoms with Crippen LogP contribution in [0.15, 0.2) is 30.5 Å². The van der Waals surface area contributed by atoms with Crippen LogP contribution in [-0.2, 0) is 4.79 Å². The van der Waals surface area contributed by atoms with Gasteiger partial charge < -0.3 is 25.0 Å². The van der Waals surface area contributed by atoms with E-state index >= 15 is 0 Å². The Balaban J connectivity index is 1.51. The zero-order valence-electron chi connectivity index (χ0n) is 16.2. The number of ether oxygens (including phenoxy) is 1. The molecule has 30 heavy (non-hydrogen) atoms. The second-order valence-electron chi connectivity index (χ2n) is 7.75. The largest absolute Gasteiger partial charge is 0.480 e. The Morgan fingerprint density at radius 3 is 2.77 bits per heavy atom. The SMILES string of the molecule is COc1nc(N2CC3(CCNC3=O)C2)ccc1-c1cc2c(C(=O)O)c[nH]c2cc1Cl. The van der Waals surface area contributed by atoms with E-state index in [1.54, 1.807) is 12.1 Å². The molecule has 0 bridgehead atoms. The lowest BCUT2D eigenvalue weighted by atomic mass is 9.78. The Bertz CT molecular complexity index is 1200. The van der Waals surface area contributed by atoms with Crippen LogP contribution < -0.4 is 15.0 Å². The smallest absolute Gasteiger partial charge is 0.337 e. The van der Waals surface area contributed by atoms with Crippen molar-refractivity contribution in [3.63, 3.8) is 0 Å². The van der Waals surface area contributed by atoms with Gasteiger partial charge in [-0.05, 0) is 30.7 Å². The normalized spacial score (nSPS) is 17.3. The highest BCUT2D eigenvalue weighted by Gasteiger charge is 2.52. The van der Waals surface area contributed by atoms with Crippen LogP contribution in [0.2, 0.25) is 5.02 Å². The molecule has 5 rings (SSSR count). The molecule has 0 saturated carbocycles. The van der Waals surface area contributed by atoms with Crippen molar-refractivity contribution in [3.05, 3.63) is 41.0 Å². The number of H-pyrrole nitrogens is 1. The number of halogens is 1. The molecular weight excluding hydrogens is 408 g/mol. The van der Waals surface area contributed by atoms with Gasteiger partial charge in [-0.25, -0.2) is 4.79 Å². The molecule has 0 aliphatic carbocycles. The minimum atomic E-state index is -1.02. The predicted octanol–water partition coefficient (Wildman–Crippen LogP) is 2.92. The summed E-state index contributed by atoms with van der Waals surface area (Å²) in [6.07, 6.45) is 2.29. The van der Waals surface area contributed by atoms with Crippen molar-refractivity contribution in [1.82, 2.24) is 15.3 Å². The summed E-state index contributed by atoms with van der Waals surface area (Å²) in [6, 6.07) is 7.16. The fourth-order valence-corrected chi connectivity index (χ4v) is 4.62. The number of hydrogen-bond donors (Lipinski definition) is 3. The number of nitrogens with zero attached hydrogens (tertiary/aromatic N) is 2. The van der Waals surface area contributed by atoms with E-state index in [1.165, 1.54) is 13.3 Å². The summed E-state index contributed by atoms with van der Waals surface area (Å²) < 4.78 is 5.52. The first-order valence-corrected chi connectivity index (χ1v) is 9.92. The molecule has 0 unspecified atom stereocenters. The highest BCUT2D eigenvalue weighted by atomic mass is 35.5. The number of benzene rings is 1. The summed E-state index contributed by atoms with van der Waals surface area (Å²) in [5.41, 5.74) is 1.82. The highest BCUT2D eigenvalue weighted by Crippen LogP contribution is 2.42. The zero-order valence-corrected chi connectivity index (χ0v) is 16.9. The summed E-state index contributed by atoms with van der Waals surface area (Å²) >= 11 is 6.49. The second kappa shape index (κ2) is 6.63. The van der Waals surface area contributed by atoms with Gasteiger partial charge in [0.1, 0.15) is 5.82 Å². The van der Waals surface area contributed by atoms with Crippen LogP contribution >= 0.6 is 11.6 Å². The lowest BCUT2D eigenvalue weighted by Gasteiger charge is -2.46. The van der Waals surface area contributed by atoms with Crippen molar-refractivity contribution in [2.24, 2.45) is 5.41 Å². The quantitative estimate of drug-likeness (QED) is 0.592. The van der Waals surface area contributed by atoms with Crippen molar-refractivity contribution in [1.29, 1.82) is 0 Å². The fraction of sp³-hybridized carbons (Fsp3) is 0.286. The molecular formula is C21H19ClN4O4. The van der Waals surface area contributed by atoms with E-state index in [9.17, 15) is 14.7 Å².